The Kier molecular flexibility index (Phi) is 3.58. The minimum atomic E-state index is -0.435. The van der Waals surface area contributed by atoms with E-state index in [0.717, 1.165) is 16.6 Å². The molecule has 0 atom stereocenters. The molecule has 2 aromatic carbocycles. The topological polar surface area (TPSA) is 50.2 Å². The Morgan fingerprint density at radius 3 is 2.88 bits per heavy atom. The van der Waals surface area contributed by atoms with E-state index in [2.05, 4.69) is 41.8 Å². The summed E-state index contributed by atoms with van der Waals surface area (Å²) < 4.78 is 16.7. The maximum atomic E-state index is 13.6. The lowest BCUT2D eigenvalue weighted by Gasteiger charge is -2.10. The average molecular weight is 451 g/mol. The van der Waals surface area contributed by atoms with Gasteiger partial charge in [-0.1, -0.05) is 6.07 Å². The van der Waals surface area contributed by atoms with E-state index in [9.17, 15) is 9.18 Å². The minimum absolute atomic E-state index is 0.250. The number of aryl methyl sites for hydroxylation is 1. The lowest BCUT2D eigenvalue weighted by atomic mass is 9.98. The van der Waals surface area contributed by atoms with E-state index >= 15 is 0 Å². The molecule has 120 valence electrons. The number of aromatic nitrogens is 3. The number of nitrogens with zero attached hydrogens (tertiary/aromatic N) is 2. The third kappa shape index (κ3) is 2.22. The Bertz CT molecular complexity index is 1130. The van der Waals surface area contributed by atoms with Gasteiger partial charge in [0.2, 0.25) is 5.78 Å². The van der Waals surface area contributed by atoms with Gasteiger partial charge in [0.15, 0.2) is 5.78 Å². The molecule has 4 rings (SSSR count). The zero-order chi connectivity index (χ0) is 17.0. The molecular formula is C17H10Br2FN3O. The first-order valence-electron chi connectivity index (χ1n) is 7.11. The maximum Gasteiger partial charge on any atom is 0.212 e. The number of halogens is 3. The summed E-state index contributed by atoms with van der Waals surface area (Å²) in [5.74, 6) is -0.000332. The van der Waals surface area contributed by atoms with Crippen molar-refractivity contribution in [2.45, 2.75) is 6.92 Å². The van der Waals surface area contributed by atoms with Crippen LogP contribution in [0.15, 0.2) is 45.6 Å². The van der Waals surface area contributed by atoms with Crippen LogP contribution in [0.4, 0.5) is 4.39 Å². The number of hydrogen-bond acceptors (Lipinski definition) is 2. The summed E-state index contributed by atoms with van der Waals surface area (Å²) >= 11 is 7.00. The Morgan fingerprint density at radius 1 is 1.29 bits per heavy atom. The van der Waals surface area contributed by atoms with Gasteiger partial charge >= 0.3 is 0 Å². The van der Waals surface area contributed by atoms with Crippen LogP contribution in [-0.2, 0) is 0 Å². The predicted molar refractivity (Wildman–Crippen MR) is 97.0 cm³/mol. The molecule has 4 aromatic rings. The first-order valence-corrected chi connectivity index (χ1v) is 8.69. The number of hydrogen-bond donors (Lipinski definition) is 1. The number of fused-ring (bicyclic) bond motifs is 3. The highest BCUT2D eigenvalue weighted by Gasteiger charge is 2.22. The van der Waals surface area contributed by atoms with Crippen LogP contribution in [0, 0.1) is 12.7 Å². The van der Waals surface area contributed by atoms with E-state index in [1.165, 1.54) is 12.1 Å². The Morgan fingerprint density at radius 2 is 2.08 bits per heavy atom. The van der Waals surface area contributed by atoms with Gasteiger partial charge in [-0.2, -0.15) is 0 Å². The zero-order valence-corrected chi connectivity index (χ0v) is 15.6. The molecule has 0 bridgehead atoms. The molecule has 4 nitrogen and oxygen atoms in total. The van der Waals surface area contributed by atoms with Crippen LogP contribution >= 0.6 is 31.9 Å². The summed E-state index contributed by atoms with van der Waals surface area (Å²) in [6.45, 7) is 1.79. The van der Waals surface area contributed by atoms with Gasteiger partial charge in [-0.3, -0.25) is 9.20 Å². The zero-order valence-electron chi connectivity index (χ0n) is 12.4. The van der Waals surface area contributed by atoms with Gasteiger partial charge in [0.05, 0.1) is 21.1 Å². The van der Waals surface area contributed by atoms with Gasteiger partial charge in [0.25, 0.3) is 0 Å². The highest BCUT2D eigenvalue weighted by Crippen LogP contribution is 2.35. The highest BCUT2D eigenvalue weighted by molar-refractivity contribution is 9.11. The smallest absolute Gasteiger partial charge is 0.212 e. The summed E-state index contributed by atoms with van der Waals surface area (Å²) in [4.78, 5) is 20.4. The Balaban J connectivity index is 1.99. The fourth-order valence-corrected chi connectivity index (χ4v) is 4.36. The number of rotatable bonds is 2. The van der Waals surface area contributed by atoms with Crippen LogP contribution < -0.4 is 0 Å². The molecule has 0 saturated heterocycles. The second kappa shape index (κ2) is 5.53. The third-order valence-electron chi connectivity index (χ3n) is 4.01. The molecule has 24 heavy (non-hydrogen) atoms. The van der Waals surface area contributed by atoms with E-state index in [-0.39, 0.29) is 5.78 Å². The van der Waals surface area contributed by atoms with Gasteiger partial charge in [0.1, 0.15) is 5.82 Å². The van der Waals surface area contributed by atoms with Gasteiger partial charge in [-0.25, -0.2) is 9.37 Å². The van der Waals surface area contributed by atoms with Crippen LogP contribution in [0.5, 0.6) is 0 Å². The summed E-state index contributed by atoms with van der Waals surface area (Å²) in [7, 11) is 0. The fourth-order valence-electron chi connectivity index (χ4n) is 2.80. The summed E-state index contributed by atoms with van der Waals surface area (Å²) in [5, 5.41) is 0. The van der Waals surface area contributed by atoms with Gasteiger partial charge in [-0.15, -0.1) is 0 Å². The largest absolute Gasteiger partial charge is 0.323 e. The molecule has 7 heteroatoms. The van der Waals surface area contributed by atoms with Crippen molar-refractivity contribution in [2.75, 3.05) is 0 Å². The number of carbonyl (C=O) groups excluding carboxylic acids is 1. The molecule has 2 heterocycles. The maximum absolute atomic E-state index is 13.6. The fraction of sp³-hybridized carbons (Fsp3) is 0.0588. The predicted octanol–water partition coefficient (Wildman–Crippen LogP) is 5.02. The normalized spacial score (nSPS) is 11.5. The molecule has 0 fully saturated rings. The quantitative estimate of drug-likeness (QED) is 0.436. The number of H-pyrrole nitrogens is 1. The average Bonchev–Trinajstić information content (AvgIpc) is 3.12. The van der Waals surface area contributed by atoms with E-state index in [4.69, 9.17) is 0 Å². The first kappa shape index (κ1) is 15.5. The molecule has 0 aliphatic rings. The molecule has 2 aromatic heterocycles. The molecule has 1 N–H and O–H groups in total. The standard InChI is InChI=1S/C17H10Br2FN3O/c1-8-2-3-9(20)6-10(8)16(24)13-11(18)7-12-15(14(13)19)22-17-21-4-5-23(12)17/h2-7H,1H3,(H,21,22). The first-order chi connectivity index (χ1) is 11.5. The van der Waals surface area contributed by atoms with Crippen LogP contribution in [-0.4, -0.2) is 20.2 Å². The number of ketones is 1. The molecular weight excluding hydrogens is 441 g/mol. The van der Waals surface area contributed by atoms with Gasteiger partial charge in [0, 0.05) is 22.4 Å². The number of aromatic amines is 1. The van der Waals surface area contributed by atoms with Crippen LogP contribution in [0.3, 0.4) is 0 Å². The van der Waals surface area contributed by atoms with Crippen molar-refractivity contribution >= 4 is 54.5 Å². The van der Waals surface area contributed by atoms with Crippen LogP contribution in [0.2, 0.25) is 0 Å². The van der Waals surface area contributed by atoms with Crippen molar-refractivity contribution < 1.29 is 9.18 Å². The van der Waals surface area contributed by atoms with Gasteiger partial charge in [-0.05, 0) is 62.5 Å². The van der Waals surface area contributed by atoms with Crippen molar-refractivity contribution in [1.82, 2.24) is 14.4 Å². The van der Waals surface area contributed by atoms with E-state index in [1.54, 1.807) is 19.2 Å². The van der Waals surface area contributed by atoms with Crippen molar-refractivity contribution in [3.63, 3.8) is 0 Å². The summed E-state index contributed by atoms with van der Waals surface area (Å²) in [6, 6.07) is 6.07. The van der Waals surface area contributed by atoms with Gasteiger partial charge < -0.3 is 4.98 Å². The summed E-state index contributed by atoms with van der Waals surface area (Å²) in [5.41, 5.74) is 3.15. The summed E-state index contributed by atoms with van der Waals surface area (Å²) in [6.07, 6.45) is 3.54. The van der Waals surface area contributed by atoms with Crippen LogP contribution in [0.25, 0.3) is 16.8 Å². The van der Waals surface area contributed by atoms with Crippen molar-refractivity contribution in [3.05, 3.63) is 68.1 Å². The second-order valence-electron chi connectivity index (χ2n) is 5.48. The monoisotopic (exact) mass is 449 g/mol. The molecule has 0 aliphatic carbocycles. The number of benzene rings is 2. The third-order valence-corrected chi connectivity index (χ3v) is 5.42. The second-order valence-corrected chi connectivity index (χ2v) is 7.12. The molecule has 0 aliphatic heterocycles. The van der Waals surface area contributed by atoms with E-state index in [1.807, 2.05) is 16.7 Å². The van der Waals surface area contributed by atoms with Crippen molar-refractivity contribution in [1.29, 1.82) is 0 Å². The number of carbonyl (C=O) groups is 1. The van der Waals surface area contributed by atoms with Crippen molar-refractivity contribution in [2.24, 2.45) is 0 Å². The molecule has 0 saturated carbocycles. The lowest BCUT2D eigenvalue weighted by molar-refractivity contribution is 0.103. The Hall–Kier alpha value is -1.99. The molecule has 0 unspecified atom stereocenters. The van der Waals surface area contributed by atoms with E-state index < -0.39 is 5.82 Å². The number of nitrogens with one attached hydrogen (secondary N) is 1. The minimum Gasteiger partial charge on any atom is -0.323 e. The lowest BCUT2D eigenvalue weighted by Crippen LogP contribution is -2.07. The van der Waals surface area contributed by atoms with Crippen molar-refractivity contribution in [3.8, 4) is 0 Å². The van der Waals surface area contributed by atoms with E-state index in [0.29, 0.717) is 25.8 Å². The Labute approximate surface area is 153 Å². The van der Waals surface area contributed by atoms with Crippen LogP contribution in [0.1, 0.15) is 21.5 Å². The SMILES string of the molecule is Cc1ccc(F)cc1C(=O)c1c(Br)cc2c([nH]c3nccn32)c1Br. The molecule has 0 amide bonds. The molecule has 0 spiro atoms. The molecule has 0 radical (unpaired) electrons. The highest BCUT2D eigenvalue weighted by atomic mass is 79.9. The number of imidazole rings is 2.